The fourth-order valence-corrected chi connectivity index (χ4v) is 3.27. The van der Waals surface area contributed by atoms with Gasteiger partial charge in [0.25, 0.3) is 5.69 Å². The average molecular weight is 294 g/mol. The van der Waals surface area contributed by atoms with Crippen LogP contribution in [-0.4, -0.2) is 16.9 Å². The number of aliphatic carboxylic acids is 1. The highest BCUT2D eigenvalue weighted by atomic mass is 35.5. The van der Waals surface area contributed by atoms with Crippen LogP contribution in [0, 0.1) is 16.0 Å². The number of nitro benzene ring substituents is 1. The number of carbonyl (C=O) groups excluding carboxylic acids is 1. The Kier molecular flexibility index (Phi) is 2.90. The molecule has 3 rings (SSSR count). The lowest BCUT2D eigenvalue weighted by Gasteiger charge is -2.37. The standard InChI is InChI=1S/C13H11ClN2O4/c14-8-4-5-9(16(19)20)10-6-2-1-3-7(6)11(13(17)18)15-12(8)10/h1-2,4-7,11,15H,3H2,(H,17,18)/p-1/t6-,7+,11-/m0/s1. The number of halogens is 1. The van der Waals surface area contributed by atoms with Crippen molar-refractivity contribution >= 4 is 28.9 Å². The highest BCUT2D eigenvalue weighted by Gasteiger charge is 2.42. The molecule has 1 aromatic rings. The Bertz CT molecular complexity index is 644. The van der Waals surface area contributed by atoms with Crippen molar-refractivity contribution in [2.24, 2.45) is 5.92 Å². The molecule has 0 fully saturated rings. The summed E-state index contributed by atoms with van der Waals surface area (Å²) in [6.45, 7) is 0. The van der Waals surface area contributed by atoms with Gasteiger partial charge in [0, 0.05) is 12.0 Å². The highest BCUT2D eigenvalue weighted by molar-refractivity contribution is 6.33. The van der Waals surface area contributed by atoms with Gasteiger partial charge in [-0.05, 0) is 18.4 Å². The van der Waals surface area contributed by atoms with Crippen LogP contribution in [0.1, 0.15) is 17.9 Å². The second-order valence-corrected chi connectivity index (χ2v) is 5.31. The Labute approximate surface area is 119 Å². The van der Waals surface area contributed by atoms with Crippen molar-refractivity contribution in [3.63, 3.8) is 0 Å². The first-order valence-corrected chi connectivity index (χ1v) is 6.49. The molecule has 0 radical (unpaired) electrons. The maximum absolute atomic E-state index is 11.3. The lowest BCUT2D eigenvalue weighted by atomic mass is 9.78. The van der Waals surface area contributed by atoms with E-state index in [1.165, 1.54) is 12.1 Å². The zero-order valence-corrected chi connectivity index (χ0v) is 11.0. The van der Waals surface area contributed by atoms with Gasteiger partial charge in [0.1, 0.15) is 0 Å². The van der Waals surface area contributed by atoms with Crippen LogP contribution in [0.2, 0.25) is 5.02 Å². The van der Waals surface area contributed by atoms with Crippen molar-refractivity contribution in [1.82, 2.24) is 0 Å². The molecule has 6 nitrogen and oxygen atoms in total. The number of carbonyl (C=O) groups is 1. The second kappa shape index (κ2) is 4.49. The number of nitro groups is 1. The molecule has 1 aromatic carbocycles. The van der Waals surface area contributed by atoms with Gasteiger partial charge in [-0.3, -0.25) is 10.1 Å². The van der Waals surface area contributed by atoms with Crippen LogP contribution in [0.3, 0.4) is 0 Å². The van der Waals surface area contributed by atoms with Gasteiger partial charge in [0.2, 0.25) is 0 Å². The number of nitrogens with one attached hydrogen (secondary N) is 1. The summed E-state index contributed by atoms with van der Waals surface area (Å²) in [7, 11) is 0. The largest absolute Gasteiger partial charge is 0.548 e. The summed E-state index contributed by atoms with van der Waals surface area (Å²) in [6.07, 6.45) is 4.19. The van der Waals surface area contributed by atoms with E-state index in [4.69, 9.17) is 11.6 Å². The molecule has 3 atom stereocenters. The van der Waals surface area contributed by atoms with Crippen LogP contribution < -0.4 is 10.4 Å². The summed E-state index contributed by atoms with van der Waals surface area (Å²) in [6, 6.07) is 1.85. The molecule has 7 heteroatoms. The minimum Gasteiger partial charge on any atom is -0.548 e. The monoisotopic (exact) mass is 293 g/mol. The Hall–Kier alpha value is -2.08. The predicted octanol–water partition coefficient (Wildman–Crippen LogP) is 1.45. The van der Waals surface area contributed by atoms with E-state index in [1.54, 1.807) is 0 Å². The van der Waals surface area contributed by atoms with Crippen molar-refractivity contribution in [2.45, 2.75) is 18.4 Å². The van der Waals surface area contributed by atoms with E-state index in [-0.39, 0.29) is 22.5 Å². The number of carboxylic acid groups (broad SMARTS) is 1. The van der Waals surface area contributed by atoms with E-state index < -0.39 is 16.9 Å². The van der Waals surface area contributed by atoms with E-state index >= 15 is 0 Å². The molecule has 104 valence electrons. The minimum atomic E-state index is -1.23. The maximum Gasteiger partial charge on any atom is 0.275 e. The first kappa shape index (κ1) is 12.9. The SMILES string of the molecule is O=C([O-])[C@H]1Nc2c(Cl)ccc([N+](=O)[O-])c2[C@H]2C=CC[C@@H]12. The van der Waals surface area contributed by atoms with Gasteiger partial charge < -0.3 is 15.2 Å². The third-order valence-electron chi connectivity index (χ3n) is 3.90. The summed E-state index contributed by atoms with van der Waals surface area (Å²) < 4.78 is 0. The number of rotatable bonds is 2. The molecule has 0 bridgehead atoms. The number of benzene rings is 1. The Morgan fingerprint density at radius 3 is 2.85 bits per heavy atom. The lowest BCUT2D eigenvalue weighted by molar-refractivity contribution is -0.385. The van der Waals surface area contributed by atoms with Gasteiger partial charge in [-0.25, -0.2) is 0 Å². The molecule has 1 aliphatic carbocycles. The average Bonchev–Trinajstić information content (AvgIpc) is 2.86. The van der Waals surface area contributed by atoms with Crippen molar-refractivity contribution in [2.75, 3.05) is 5.32 Å². The van der Waals surface area contributed by atoms with Crippen molar-refractivity contribution in [3.05, 3.63) is 45.0 Å². The third kappa shape index (κ3) is 1.76. The highest BCUT2D eigenvalue weighted by Crippen LogP contribution is 2.50. The first-order valence-electron chi connectivity index (χ1n) is 6.11. The van der Waals surface area contributed by atoms with Crippen LogP contribution in [0.25, 0.3) is 0 Å². The molecule has 0 unspecified atom stereocenters. The van der Waals surface area contributed by atoms with Crippen LogP contribution in [0.4, 0.5) is 11.4 Å². The molecular weight excluding hydrogens is 284 g/mol. The Balaban J connectivity index is 2.22. The molecule has 1 N–H and O–H groups in total. The van der Waals surface area contributed by atoms with Crippen molar-refractivity contribution in [1.29, 1.82) is 0 Å². The fourth-order valence-electron chi connectivity index (χ4n) is 3.05. The maximum atomic E-state index is 11.3. The van der Waals surface area contributed by atoms with Crippen molar-refractivity contribution in [3.8, 4) is 0 Å². The third-order valence-corrected chi connectivity index (χ3v) is 4.21. The summed E-state index contributed by atoms with van der Waals surface area (Å²) in [4.78, 5) is 22.0. The number of allylic oxidation sites excluding steroid dienone is 2. The van der Waals surface area contributed by atoms with Gasteiger partial charge in [0.05, 0.1) is 33.2 Å². The summed E-state index contributed by atoms with van der Waals surface area (Å²) in [5.41, 5.74) is 0.733. The summed E-state index contributed by atoms with van der Waals surface area (Å²) >= 11 is 6.06. The van der Waals surface area contributed by atoms with E-state index in [0.29, 0.717) is 17.7 Å². The summed E-state index contributed by atoms with van der Waals surface area (Å²) in [5.74, 6) is -1.84. The van der Waals surface area contributed by atoms with E-state index in [1.807, 2.05) is 12.2 Å². The number of hydrogen-bond acceptors (Lipinski definition) is 5. The number of hydrogen-bond donors (Lipinski definition) is 1. The van der Waals surface area contributed by atoms with Gasteiger partial charge in [-0.2, -0.15) is 0 Å². The Morgan fingerprint density at radius 2 is 2.20 bits per heavy atom. The van der Waals surface area contributed by atoms with Crippen LogP contribution in [0.15, 0.2) is 24.3 Å². The zero-order valence-electron chi connectivity index (χ0n) is 10.2. The smallest absolute Gasteiger partial charge is 0.275 e. The van der Waals surface area contributed by atoms with E-state index in [2.05, 4.69) is 5.32 Å². The molecule has 0 saturated carbocycles. The van der Waals surface area contributed by atoms with E-state index in [0.717, 1.165) is 0 Å². The van der Waals surface area contributed by atoms with Gasteiger partial charge >= 0.3 is 0 Å². The molecule has 0 spiro atoms. The molecule has 2 aliphatic rings. The Morgan fingerprint density at radius 1 is 1.45 bits per heavy atom. The minimum absolute atomic E-state index is 0.0461. The van der Waals surface area contributed by atoms with Crippen LogP contribution >= 0.6 is 11.6 Å². The van der Waals surface area contributed by atoms with Crippen LogP contribution in [-0.2, 0) is 4.79 Å². The normalized spacial score (nSPS) is 26.6. The number of anilines is 1. The molecule has 1 aliphatic heterocycles. The van der Waals surface area contributed by atoms with E-state index in [9.17, 15) is 20.0 Å². The van der Waals surface area contributed by atoms with Gasteiger partial charge in [0.15, 0.2) is 0 Å². The number of carboxylic acids is 1. The first-order chi connectivity index (χ1) is 9.50. The topological polar surface area (TPSA) is 95.3 Å². The molecule has 0 amide bonds. The van der Waals surface area contributed by atoms with Gasteiger partial charge in [-0.1, -0.05) is 23.8 Å². The van der Waals surface area contributed by atoms with Gasteiger partial charge in [-0.15, -0.1) is 0 Å². The molecular formula is C13H10ClN2O4-. The molecule has 20 heavy (non-hydrogen) atoms. The summed E-state index contributed by atoms with van der Waals surface area (Å²) in [5, 5.41) is 25.5. The number of nitrogens with zero attached hydrogens (tertiary/aromatic N) is 1. The lowest BCUT2D eigenvalue weighted by Crippen LogP contribution is -2.49. The molecule has 1 heterocycles. The number of fused-ring (bicyclic) bond motifs is 3. The molecule has 0 aromatic heterocycles. The molecule has 0 saturated heterocycles. The fraction of sp³-hybridized carbons (Fsp3) is 0.308. The van der Waals surface area contributed by atoms with Crippen molar-refractivity contribution < 1.29 is 14.8 Å². The quantitative estimate of drug-likeness (QED) is 0.506. The second-order valence-electron chi connectivity index (χ2n) is 4.91. The van der Waals surface area contributed by atoms with Crippen LogP contribution in [0.5, 0.6) is 0 Å². The zero-order chi connectivity index (χ0) is 14.4. The predicted molar refractivity (Wildman–Crippen MR) is 70.5 cm³/mol.